The number of fused-ring (bicyclic) bond motifs is 3. The zero-order valence-electron chi connectivity index (χ0n) is 21.5. The maximum atomic E-state index is 13.0. The topological polar surface area (TPSA) is 84.9 Å². The molecular weight excluding hydrogens is 460 g/mol. The molecule has 2 aromatic rings. The molecule has 3 rings (SSSR count). The minimum Gasteiger partial charge on any atom is -0.520 e. The standard InChI is InChI=1S/C27H36N2O5Si/c1-18(2)25(26(31)29(3)16-15-24(30)34-35(4,5)6)28-27(32)33-17-23-21-13-9-7-11-19(21)20-12-8-10-14-22(20)23/h7-14,18,23,25H,15-17H2,1-6H3,(H,28,32)/t25-/m0/s1. The summed E-state index contributed by atoms with van der Waals surface area (Å²) >= 11 is 0. The zero-order chi connectivity index (χ0) is 25.8. The average molecular weight is 497 g/mol. The summed E-state index contributed by atoms with van der Waals surface area (Å²) < 4.78 is 11.1. The van der Waals surface area contributed by atoms with Crippen LogP contribution in [0.15, 0.2) is 48.5 Å². The van der Waals surface area contributed by atoms with E-state index in [0.717, 1.165) is 22.3 Å². The number of benzene rings is 2. The second kappa shape index (κ2) is 11.1. The molecule has 0 heterocycles. The minimum absolute atomic E-state index is 0.0543. The van der Waals surface area contributed by atoms with Gasteiger partial charge in [0.2, 0.25) is 14.2 Å². The summed E-state index contributed by atoms with van der Waals surface area (Å²) in [4.78, 5) is 39.2. The van der Waals surface area contributed by atoms with Gasteiger partial charge in [-0.25, -0.2) is 4.79 Å². The van der Waals surface area contributed by atoms with Gasteiger partial charge in [0.15, 0.2) is 0 Å². The number of rotatable bonds is 9. The molecule has 0 saturated carbocycles. The Morgan fingerprint density at radius 3 is 2.03 bits per heavy atom. The molecule has 2 amide bonds. The first-order valence-electron chi connectivity index (χ1n) is 12.1. The Kier molecular flexibility index (Phi) is 8.37. The predicted molar refractivity (Wildman–Crippen MR) is 139 cm³/mol. The van der Waals surface area contributed by atoms with E-state index in [-0.39, 0.29) is 43.3 Å². The van der Waals surface area contributed by atoms with E-state index in [4.69, 9.17) is 9.16 Å². The molecule has 7 nitrogen and oxygen atoms in total. The van der Waals surface area contributed by atoms with E-state index in [1.54, 1.807) is 7.05 Å². The number of amides is 2. The molecule has 0 aliphatic heterocycles. The number of alkyl carbamates (subject to hydrolysis) is 1. The summed E-state index contributed by atoms with van der Waals surface area (Å²) in [5, 5.41) is 2.73. The van der Waals surface area contributed by atoms with Crippen molar-refractivity contribution in [3.8, 4) is 11.1 Å². The number of ether oxygens (including phenoxy) is 1. The molecule has 0 fully saturated rings. The van der Waals surface area contributed by atoms with E-state index >= 15 is 0 Å². The lowest BCUT2D eigenvalue weighted by molar-refractivity contribution is -0.137. The van der Waals surface area contributed by atoms with Gasteiger partial charge in [-0.1, -0.05) is 62.4 Å². The summed E-state index contributed by atoms with van der Waals surface area (Å²) in [5.74, 6) is -0.788. The third kappa shape index (κ3) is 6.72. The predicted octanol–water partition coefficient (Wildman–Crippen LogP) is 4.78. The van der Waals surface area contributed by atoms with Crippen LogP contribution in [0, 0.1) is 5.92 Å². The lowest BCUT2D eigenvalue weighted by atomic mass is 9.98. The van der Waals surface area contributed by atoms with Gasteiger partial charge in [0.05, 0.1) is 6.42 Å². The van der Waals surface area contributed by atoms with Crippen LogP contribution in [0.1, 0.15) is 37.3 Å². The summed E-state index contributed by atoms with van der Waals surface area (Å²) in [6.07, 6.45) is -0.520. The molecule has 1 aliphatic rings. The third-order valence-electron chi connectivity index (χ3n) is 6.00. The van der Waals surface area contributed by atoms with Crippen LogP contribution in [0.2, 0.25) is 19.6 Å². The molecule has 0 spiro atoms. The number of likely N-dealkylation sites (N-methyl/N-ethyl adjacent to an activating group) is 1. The molecule has 2 aromatic carbocycles. The number of carbonyl (C=O) groups is 3. The summed E-state index contributed by atoms with van der Waals surface area (Å²) in [6.45, 7) is 9.93. The highest BCUT2D eigenvalue weighted by Crippen LogP contribution is 2.44. The second-order valence-corrected chi connectivity index (χ2v) is 14.7. The van der Waals surface area contributed by atoms with Crippen LogP contribution in [0.25, 0.3) is 11.1 Å². The maximum Gasteiger partial charge on any atom is 0.407 e. The van der Waals surface area contributed by atoms with Crippen molar-refractivity contribution in [2.24, 2.45) is 5.92 Å². The minimum atomic E-state index is -1.97. The van der Waals surface area contributed by atoms with Crippen LogP contribution in [0.4, 0.5) is 4.79 Å². The molecule has 1 atom stereocenters. The summed E-state index contributed by atoms with van der Waals surface area (Å²) in [7, 11) is -0.348. The van der Waals surface area contributed by atoms with Crippen molar-refractivity contribution in [3.63, 3.8) is 0 Å². The van der Waals surface area contributed by atoms with Crippen LogP contribution in [-0.4, -0.2) is 57.4 Å². The zero-order valence-corrected chi connectivity index (χ0v) is 22.5. The van der Waals surface area contributed by atoms with Gasteiger partial charge in [-0.05, 0) is 47.8 Å². The maximum absolute atomic E-state index is 13.0. The number of nitrogens with one attached hydrogen (secondary N) is 1. The van der Waals surface area contributed by atoms with Gasteiger partial charge in [0.25, 0.3) is 5.97 Å². The van der Waals surface area contributed by atoms with Gasteiger partial charge < -0.3 is 19.4 Å². The Morgan fingerprint density at radius 1 is 0.971 bits per heavy atom. The summed E-state index contributed by atoms with van der Waals surface area (Å²) in [5.41, 5.74) is 4.56. The van der Waals surface area contributed by atoms with Gasteiger partial charge in [0.1, 0.15) is 12.6 Å². The van der Waals surface area contributed by atoms with Crippen LogP contribution >= 0.6 is 0 Å². The van der Waals surface area contributed by atoms with E-state index in [0.29, 0.717) is 0 Å². The highest BCUT2D eigenvalue weighted by atomic mass is 28.4. The van der Waals surface area contributed by atoms with Gasteiger partial charge in [-0.3, -0.25) is 9.59 Å². The van der Waals surface area contributed by atoms with Crippen molar-refractivity contribution in [2.45, 2.75) is 51.9 Å². The molecular formula is C27H36N2O5Si. The van der Waals surface area contributed by atoms with E-state index in [1.165, 1.54) is 4.90 Å². The van der Waals surface area contributed by atoms with Crippen LogP contribution in [0.5, 0.6) is 0 Å². The Hall–Kier alpha value is -3.13. The first-order valence-corrected chi connectivity index (χ1v) is 15.5. The number of nitrogens with zero attached hydrogens (tertiary/aromatic N) is 1. The fraction of sp³-hybridized carbons (Fsp3) is 0.444. The molecule has 0 radical (unpaired) electrons. The van der Waals surface area contributed by atoms with Crippen LogP contribution in [0.3, 0.4) is 0 Å². The molecule has 188 valence electrons. The van der Waals surface area contributed by atoms with E-state index in [1.807, 2.05) is 57.8 Å². The number of hydrogen-bond acceptors (Lipinski definition) is 5. The van der Waals surface area contributed by atoms with Crippen molar-refractivity contribution < 1.29 is 23.5 Å². The fourth-order valence-corrected chi connectivity index (χ4v) is 5.06. The molecule has 0 aromatic heterocycles. The van der Waals surface area contributed by atoms with Crippen LogP contribution in [-0.2, 0) is 18.8 Å². The van der Waals surface area contributed by atoms with Crippen molar-refractivity contribution in [3.05, 3.63) is 59.7 Å². The van der Waals surface area contributed by atoms with Crippen molar-refractivity contribution in [1.29, 1.82) is 0 Å². The van der Waals surface area contributed by atoms with E-state index < -0.39 is 20.5 Å². The third-order valence-corrected chi connectivity index (χ3v) is 6.84. The van der Waals surface area contributed by atoms with Crippen molar-refractivity contribution in [2.75, 3.05) is 20.2 Å². The highest BCUT2D eigenvalue weighted by molar-refractivity contribution is 6.71. The van der Waals surface area contributed by atoms with Gasteiger partial charge in [0, 0.05) is 19.5 Å². The lowest BCUT2D eigenvalue weighted by Crippen LogP contribution is -2.50. The van der Waals surface area contributed by atoms with E-state index in [9.17, 15) is 14.4 Å². The monoisotopic (exact) mass is 496 g/mol. The number of hydrogen-bond donors (Lipinski definition) is 1. The highest BCUT2D eigenvalue weighted by Gasteiger charge is 2.31. The summed E-state index contributed by atoms with van der Waals surface area (Å²) in [6, 6.07) is 15.5. The largest absolute Gasteiger partial charge is 0.520 e. The quantitative estimate of drug-likeness (QED) is 0.505. The fourth-order valence-electron chi connectivity index (χ4n) is 4.28. The van der Waals surface area contributed by atoms with Crippen LogP contribution < -0.4 is 5.32 Å². The molecule has 0 bridgehead atoms. The molecule has 1 aliphatic carbocycles. The average Bonchev–Trinajstić information content (AvgIpc) is 3.11. The van der Waals surface area contributed by atoms with Crippen molar-refractivity contribution >= 4 is 26.3 Å². The Morgan fingerprint density at radius 2 is 1.51 bits per heavy atom. The first-order chi connectivity index (χ1) is 16.5. The SMILES string of the molecule is CC(C)[C@H](NC(=O)OCC1c2ccccc2-c2ccccc21)C(=O)N(C)CCC(=O)O[Si](C)(C)C. The molecule has 0 saturated heterocycles. The molecule has 1 N–H and O–H groups in total. The lowest BCUT2D eigenvalue weighted by Gasteiger charge is -2.27. The first kappa shape index (κ1) is 26.5. The number of carbonyl (C=O) groups excluding carboxylic acids is 3. The Balaban J connectivity index is 1.58. The molecule has 8 heteroatoms. The normalized spacial score (nSPS) is 13.6. The smallest absolute Gasteiger partial charge is 0.407 e. The van der Waals surface area contributed by atoms with E-state index in [2.05, 4.69) is 29.6 Å². The Labute approximate surface area is 208 Å². The second-order valence-electron chi connectivity index (χ2n) is 10.3. The van der Waals surface area contributed by atoms with Gasteiger partial charge in [-0.15, -0.1) is 0 Å². The molecule has 35 heavy (non-hydrogen) atoms. The molecule has 0 unspecified atom stereocenters. The Bertz CT molecular complexity index is 1030. The van der Waals surface area contributed by atoms with Gasteiger partial charge >= 0.3 is 6.09 Å². The van der Waals surface area contributed by atoms with Crippen molar-refractivity contribution in [1.82, 2.24) is 10.2 Å². The van der Waals surface area contributed by atoms with Gasteiger partial charge in [-0.2, -0.15) is 0 Å².